The van der Waals surface area contributed by atoms with Gasteiger partial charge in [0.1, 0.15) is 17.6 Å². The van der Waals surface area contributed by atoms with E-state index in [0.717, 1.165) is 17.7 Å². The van der Waals surface area contributed by atoms with Crippen LogP contribution in [0.1, 0.15) is 10.6 Å². The van der Waals surface area contributed by atoms with E-state index >= 15 is 0 Å². The van der Waals surface area contributed by atoms with Gasteiger partial charge in [0.2, 0.25) is 11.7 Å². The fraction of sp³-hybridized carbons (Fsp3) is 0.160. The van der Waals surface area contributed by atoms with Gasteiger partial charge in [-0.3, -0.25) is 19.1 Å². The number of nitrogens with one attached hydrogen (secondary N) is 2. The summed E-state index contributed by atoms with van der Waals surface area (Å²) in [6, 6.07) is 11.3. The molecule has 184 valence electrons. The van der Waals surface area contributed by atoms with Crippen LogP contribution in [-0.2, 0) is 33.9 Å². The van der Waals surface area contributed by atoms with Crippen molar-refractivity contribution >= 4 is 28.9 Å². The van der Waals surface area contributed by atoms with Crippen LogP contribution in [0.2, 0.25) is 0 Å². The first kappa shape index (κ1) is 24.9. The highest BCUT2D eigenvalue weighted by Gasteiger charge is 2.27. The molecule has 2 heterocycles. The quantitative estimate of drug-likeness (QED) is 0.320. The van der Waals surface area contributed by atoms with Gasteiger partial charge in [0, 0.05) is 29.8 Å². The summed E-state index contributed by atoms with van der Waals surface area (Å²) >= 11 is 1.35. The molecule has 0 radical (unpaired) electrons. The summed E-state index contributed by atoms with van der Waals surface area (Å²) in [5.74, 6) is -4.11. The Balaban J connectivity index is 1.43. The molecule has 0 aliphatic carbocycles. The van der Waals surface area contributed by atoms with Gasteiger partial charge in [-0.05, 0) is 23.3 Å². The zero-order chi connectivity index (χ0) is 25.5. The Kier molecular flexibility index (Phi) is 7.91. The number of hydrogen-bond acceptors (Lipinski definition) is 6. The van der Waals surface area contributed by atoms with Crippen LogP contribution in [-0.4, -0.2) is 38.4 Å². The minimum atomic E-state index is -1.10. The van der Waals surface area contributed by atoms with Crippen LogP contribution in [0.15, 0.2) is 72.5 Å². The second-order valence-electron chi connectivity index (χ2n) is 7.84. The van der Waals surface area contributed by atoms with E-state index in [1.165, 1.54) is 34.5 Å². The molecule has 0 fully saturated rings. The van der Waals surface area contributed by atoms with Gasteiger partial charge >= 0.3 is 0 Å². The molecule has 4 rings (SSSR count). The topological polar surface area (TPSA) is 106 Å². The molecule has 0 saturated heterocycles. The molecular weight excluding hydrogens is 488 g/mol. The smallest absolute Gasteiger partial charge is 0.289 e. The van der Waals surface area contributed by atoms with E-state index in [1.54, 1.807) is 35.8 Å². The van der Waals surface area contributed by atoms with Crippen LogP contribution in [0.25, 0.3) is 11.1 Å². The molecule has 36 heavy (non-hydrogen) atoms. The number of rotatable bonds is 10. The van der Waals surface area contributed by atoms with Gasteiger partial charge in [0.05, 0.1) is 12.7 Å². The van der Waals surface area contributed by atoms with Crippen LogP contribution >= 0.6 is 11.3 Å². The maximum absolute atomic E-state index is 13.5. The number of aromatic nitrogens is 3. The Labute approximate surface area is 209 Å². The third kappa shape index (κ3) is 6.45. The molecule has 2 aromatic carbocycles. The number of thiazole rings is 1. The lowest BCUT2D eigenvalue weighted by atomic mass is 10.0. The fourth-order valence-corrected chi connectivity index (χ4v) is 4.02. The normalized spacial score (nSPS) is 11.6. The first-order valence-electron chi connectivity index (χ1n) is 10.9. The molecule has 2 N–H and O–H groups in total. The monoisotopic (exact) mass is 509 g/mol. The van der Waals surface area contributed by atoms with Crippen molar-refractivity contribution in [3.63, 3.8) is 0 Å². The summed E-state index contributed by atoms with van der Waals surface area (Å²) in [5.41, 5.74) is 1.65. The van der Waals surface area contributed by atoms with Crippen LogP contribution < -0.4 is 10.6 Å². The maximum atomic E-state index is 13.5. The zero-order valence-corrected chi connectivity index (χ0v) is 19.7. The van der Waals surface area contributed by atoms with Crippen molar-refractivity contribution in [3.05, 3.63) is 94.7 Å². The molecule has 0 spiro atoms. The number of benzene rings is 2. The lowest BCUT2D eigenvalue weighted by Gasteiger charge is -2.17. The average molecular weight is 510 g/mol. The standard InChI is InChI=1S/C25H21F2N5O3S/c26-19-7-6-17(11-20(19)27)18-12-30-32(14-18)15-22(33)31-21(10-16-4-2-1-3-5-16)24(34)25(35)29-13-23-28-8-9-36-23/h1-9,11-12,14,21H,10,13,15H2,(H,29,35)(H,31,33)/t21-/m1/s1. The summed E-state index contributed by atoms with van der Waals surface area (Å²) in [5, 5.41) is 11.6. The first-order chi connectivity index (χ1) is 17.4. The zero-order valence-electron chi connectivity index (χ0n) is 18.9. The first-order valence-corrected chi connectivity index (χ1v) is 11.8. The number of ketones is 1. The number of amides is 2. The molecule has 0 saturated carbocycles. The molecule has 0 aliphatic heterocycles. The highest BCUT2D eigenvalue weighted by molar-refractivity contribution is 7.09. The van der Waals surface area contributed by atoms with Crippen LogP contribution in [0.3, 0.4) is 0 Å². The van der Waals surface area contributed by atoms with Crippen molar-refractivity contribution in [2.45, 2.75) is 25.6 Å². The summed E-state index contributed by atoms with van der Waals surface area (Å²) in [7, 11) is 0. The highest BCUT2D eigenvalue weighted by atomic mass is 32.1. The molecule has 11 heteroatoms. The molecule has 4 aromatic rings. The van der Waals surface area contributed by atoms with Crippen LogP contribution in [0.5, 0.6) is 0 Å². The Morgan fingerprint density at radius 2 is 1.83 bits per heavy atom. The number of carbonyl (C=O) groups is 3. The molecule has 0 bridgehead atoms. The summed E-state index contributed by atoms with van der Waals surface area (Å²) in [6.45, 7) is -0.142. The van der Waals surface area contributed by atoms with E-state index < -0.39 is 35.3 Å². The van der Waals surface area contributed by atoms with Gasteiger partial charge in [-0.25, -0.2) is 13.8 Å². The maximum Gasteiger partial charge on any atom is 0.289 e. The SMILES string of the molecule is O=C(Cn1cc(-c2ccc(F)c(F)c2)cn1)N[C@H](Cc1ccccc1)C(=O)C(=O)NCc1nccs1. The van der Waals surface area contributed by atoms with Crippen molar-refractivity contribution in [2.24, 2.45) is 0 Å². The average Bonchev–Trinajstić information content (AvgIpc) is 3.56. The van der Waals surface area contributed by atoms with Crippen molar-refractivity contribution < 1.29 is 23.2 Å². The van der Waals surface area contributed by atoms with Gasteiger partial charge < -0.3 is 10.6 Å². The van der Waals surface area contributed by atoms with E-state index in [-0.39, 0.29) is 19.5 Å². The molecule has 2 amide bonds. The minimum absolute atomic E-state index is 0.105. The van der Waals surface area contributed by atoms with Crippen molar-refractivity contribution in [1.29, 1.82) is 0 Å². The lowest BCUT2D eigenvalue weighted by molar-refractivity contribution is -0.140. The number of hydrogen-bond donors (Lipinski definition) is 2. The Morgan fingerprint density at radius 1 is 1.03 bits per heavy atom. The second kappa shape index (κ2) is 11.5. The lowest BCUT2D eigenvalue weighted by Crippen LogP contribution is -2.49. The van der Waals surface area contributed by atoms with Gasteiger partial charge in [-0.1, -0.05) is 36.4 Å². The van der Waals surface area contributed by atoms with Gasteiger partial charge in [-0.15, -0.1) is 11.3 Å². The minimum Gasteiger partial charge on any atom is -0.344 e. The second-order valence-corrected chi connectivity index (χ2v) is 8.82. The molecule has 1 atom stereocenters. The summed E-state index contributed by atoms with van der Waals surface area (Å²) in [4.78, 5) is 42.2. The van der Waals surface area contributed by atoms with Gasteiger partial charge in [0.25, 0.3) is 5.91 Å². The molecule has 0 unspecified atom stereocenters. The van der Waals surface area contributed by atoms with E-state index in [4.69, 9.17) is 0 Å². The predicted molar refractivity (Wildman–Crippen MR) is 129 cm³/mol. The van der Waals surface area contributed by atoms with E-state index in [1.807, 2.05) is 6.07 Å². The Hall–Kier alpha value is -4.25. The number of carbonyl (C=O) groups excluding carboxylic acids is 3. The Bertz CT molecular complexity index is 1360. The molecular formula is C25H21F2N5O3S. The third-order valence-corrected chi connectivity index (χ3v) is 6.01. The van der Waals surface area contributed by atoms with Gasteiger partial charge in [0.15, 0.2) is 11.6 Å². The van der Waals surface area contributed by atoms with Crippen LogP contribution in [0.4, 0.5) is 8.78 Å². The largest absolute Gasteiger partial charge is 0.344 e. The number of Topliss-reactive ketones (excluding diaryl/α,β-unsaturated/α-hetero) is 1. The molecule has 0 aliphatic rings. The number of nitrogens with zero attached hydrogens (tertiary/aromatic N) is 3. The van der Waals surface area contributed by atoms with E-state index in [9.17, 15) is 23.2 Å². The van der Waals surface area contributed by atoms with Gasteiger partial charge in [-0.2, -0.15) is 5.10 Å². The molecule has 2 aromatic heterocycles. The van der Waals surface area contributed by atoms with Crippen molar-refractivity contribution in [2.75, 3.05) is 0 Å². The van der Waals surface area contributed by atoms with Crippen molar-refractivity contribution in [3.8, 4) is 11.1 Å². The van der Waals surface area contributed by atoms with E-state index in [2.05, 4.69) is 20.7 Å². The predicted octanol–water partition coefficient (Wildman–Crippen LogP) is 2.90. The van der Waals surface area contributed by atoms with Crippen LogP contribution in [0, 0.1) is 11.6 Å². The third-order valence-electron chi connectivity index (χ3n) is 5.23. The summed E-state index contributed by atoms with van der Waals surface area (Å²) in [6.07, 6.45) is 4.63. The highest BCUT2D eigenvalue weighted by Crippen LogP contribution is 2.20. The fourth-order valence-electron chi connectivity index (χ4n) is 3.46. The van der Waals surface area contributed by atoms with Crippen molar-refractivity contribution in [1.82, 2.24) is 25.4 Å². The number of halogens is 2. The summed E-state index contributed by atoms with van der Waals surface area (Å²) < 4.78 is 28.1. The Morgan fingerprint density at radius 3 is 2.56 bits per heavy atom. The van der Waals surface area contributed by atoms with E-state index in [0.29, 0.717) is 16.1 Å². The molecule has 8 nitrogen and oxygen atoms in total.